The third kappa shape index (κ3) is 4.27. The number of thioether (sulfide) groups is 1. The molecule has 2 N–H and O–H groups in total. The average Bonchev–Trinajstić information content (AvgIpc) is 1.84. The maximum Gasteiger partial charge on any atom is 0.233 e. The van der Waals surface area contributed by atoms with E-state index < -0.39 is 5.12 Å². The van der Waals surface area contributed by atoms with Crippen LogP contribution in [0.3, 0.4) is 0 Å². The van der Waals surface area contributed by atoms with Crippen LogP contribution in [0, 0.1) is 0 Å². The predicted molar refractivity (Wildman–Crippen MR) is 40.0 cm³/mol. The Hall–Kier alpha value is -0.250. The molecular formula is C6H10O2S. The first-order chi connectivity index (χ1) is 4.12. The van der Waals surface area contributed by atoms with Crippen LogP contribution in [0.2, 0.25) is 0 Å². The van der Waals surface area contributed by atoms with Crippen molar-refractivity contribution in [2.45, 2.75) is 5.12 Å². The van der Waals surface area contributed by atoms with Crippen molar-refractivity contribution in [1.82, 2.24) is 0 Å². The Labute approximate surface area is 58.9 Å². The molecule has 0 aromatic rings. The number of rotatable bonds is 4. The second kappa shape index (κ2) is 3.71. The molecule has 0 atom stereocenters. The molecule has 0 spiro atoms. The Bertz CT molecular complexity index is 110. The standard InChI is InChI=1S/C6H10O2S/c1-3-5-9-6(7,8)4-2/h3-4,7-8H,1-2,5H2. The van der Waals surface area contributed by atoms with Gasteiger partial charge in [0.05, 0.1) is 0 Å². The lowest BCUT2D eigenvalue weighted by molar-refractivity contribution is -0.0324. The highest BCUT2D eigenvalue weighted by Gasteiger charge is 2.16. The van der Waals surface area contributed by atoms with Gasteiger partial charge in [0.25, 0.3) is 0 Å². The van der Waals surface area contributed by atoms with Crippen molar-refractivity contribution in [1.29, 1.82) is 0 Å². The topological polar surface area (TPSA) is 40.5 Å². The van der Waals surface area contributed by atoms with E-state index in [1.807, 2.05) is 0 Å². The van der Waals surface area contributed by atoms with Gasteiger partial charge in [-0.2, -0.15) is 0 Å². The van der Waals surface area contributed by atoms with E-state index in [1.165, 1.54) is 0 Å². The zero-order valence-corrected chi connectivity index (χ0v) is 5.90. The Balaban J connectivity index is 3.57. The van der Waals surface area contributed by atoms with Crippen molar-refractivity contribution in [3.63, 3.8) is 0 Å². The van der Waals surface area contributed by atoms with E-state index >= 15 is 0 Å². The average molecular weight is 146 g/mol. The lowest BCUT2D eigenvalue weighted by atomic mass is 10.6. The van der Waals surface area contributed by atoms with Gasteiger partial charge in [-0.3, -0.25) is 0 Å². The summed E-state index contributed by atoms with van der Waals surface area (Å²) in [5.41, 5.74) is 0. The van der Waals surface area contributed by atoms with Crippen LogP contribution in [0.1, 0.15) is 0 Å². The molecule has 0 aliphatic rings. The van der Waals surface area contributed by atoms with Gasteiger partial charge >= 0.3 is 0 Å². The van der Waals surface area contributed by atoms with Crippen LogP contribution in [0.25, 0.3) is 0 Å². The normalized spacial score (nSPS) is 10.9. The molecule has 0 aromatic heterocycles. The molecule has 0 saturated carbocycles. The second-order valence-electron chi connectivity index (χ2n) is 1.46. The molecule has 0 aliphatic heterocycles. The molecule has 52 valence electrons. The Kier molecular flexibility index (Phi) is 3.61. The van der Waals surface area contributed by atoms with Gasteiger partial charge < -0.3 is 10.2 Å². The minimum Gasteiger partial charge on any atom is -0.354 e. The second-order valence-corrected chi connectivity index (χ2v) is 2.69. The van der Waals surface area contributed by atoms with Gasteiger partial charge in [0.15, 0.2) is 0 Å². The first-order valence-corrected chi connectivity index (χ1v) is 3.44. The van der Waals surface area contributed by atoms with Gasteiger partial charge in [0.2, 0.25) is 5.12 Å². The highest BCUT2D eigenvalue weighted by Crippen LogP contribution is 2.19. The van der Waals surface area contributed by atoms with Crippen molar-refractivity contribution in [3.8, 4) is 0 Å². The minimum atomic E-state index is -1.80. The highest BCUT2D eigenvalue weighted by atomic mass is 32.2. The fraction of sp³-hybridized carbons (Fsp3) is 0.333. The highest BCUT2D eigenvalue weighted by molar-refractivity contribution is 8.00. The molecule has 0 radical (unpaired) electrons. The first-order valence-electron chi connectivity index (χ1n) is 2.45. The summed E-state index contributed by atoms with van der Waals surface area (Å²) in [4.78, 5) is 0. The largest absolute Gasteiger partial charge is 0.354 e. The first kappa shape index (κ1) is 8.75. The molecule has 9 heavy (non-hydrogen) atoms. The molecule has 0 aliphatic carbocycles. The SMILES string of the molecule is C=CCSC(O)(O)C=C. The molecule has 0 fully saturated rings. The molecule has 0 unspecified atom stereocenters. The number of hydrogen-bond acceptors (Lipinski definition) is 3. The summed E-state index contributed by atoms with van der Waals surface area (Å²) in [6.07, 6.45) is 2.66. The lowest BCUT2D eigenvalue weighted by Crippen LogP contribution is -2.19. The van der Waals surface area contributed by atoms with E-state index in [2.05, 4.69) is 13.2 Å². The zero-order chi connectivity index (χ0) is 7.33. The third-order valence-electron chi connectivity index (χ3n) is 0.680. The third-order valence-corrected chi connectivity index (χ3v) is 1.67. The van der Waals surface area contributed by atoms with E-state index in [1.54, 1.807) is 6.08 Å². The molecule has 0 bridgehead atoms. The van der Waals surface area contributed by atoms with Gasteiger partial charge in [-0.15, -0.1) is 6.58 Å². The van der Waals surface area contributed by atoms with Crippen LogP contribution >= 0.6 is 11.8 Å². The summed E-state index contributed by atoms with van der Waals surface area (Å²) in [5.74, 6) is 0.499. The van der Waals surface area contributed by atoms with Crippen LogP contribution in [0.15, 0.2) is 25.3 Å². The lowest BCUT2D eigenvalue weighted by Gasteiger charge is -2.13. The zero-order valence-electron chi connectivity index (χ0n) is 5.08. The predicted octanol–water partition coefficient (Wildman–Crippen LogP) is 0.730. The summed E-state index contributed by atoms with van der Waals surface area (Å²) in [6, 6.07) is 0. The van der Waals surface area contributed by atoms with E-state index in [0.717, 1.165) is 17.8 Å². The maximum absolute atomic E-state index is 8.81. The Morgan fingerprint density at radius 2 is 2.00 bits per heavy atom. The van der Waals surface area contributed by atoms with Crippen LogP contribution in [0.4, 0.5) is 0 Å². The smallest absolute Gasteiger partial charge is 0.233 e. The van der Waals surface area contributed by atoms with Crippen LogP contribution in [0.5, 0.6) is 0 Å². The molecular weight excluding hydrogens is 136 g/mol. The van der Waals surface area contributed by atoms with Crippen molar-refractivity contribution < 1.29 is 10.2 Å². The molecule has 0 aromatic carbocycles. The minimum absolute atomic E-state index is 0.499. The van der Waals surface area contributed by atoms with Gasteiger partial charge in [-0.1, -0.05) is 24.4 Å². The summed E-state index contributed by atoms with van der Waals surface area (Å²) in [6.45, 7) is 6.65. The van der Waals surface area contributed by atoms with Crippen molar-refractivity contribution in [2.75, 3.05) is 5.75 Å². The van der Waals surface area contributed by atoms with E-state index in [9.17, 15) is 0 Å². The Morgan fingerprint density at radius 1 is 1.44 bits per heavy atom. The van der Waals surface area contributed by atoms with Crippen molar-refractivity contribution in [3.05, 3.63) is 25.3 Å². The molecule has 0 amide bonds. The van der Waals surface area contributed by atoms with Crippen molar-refractivity contribution >= 4 is 11.8 Å². The molecule has 2 nitrogen and oxygen atoms in total. The van der Waals surface area contributed by atoms with Crippen molar-refractivity contribution in [2.24, 2.45) is 0 Å². The summed E-state index contributed by atoms with van der Waals surface area (Å²) >= 11 is 0.954. The summed E-state index contributed by atoms with van der Waals surface area (Å²) in [7, 11) is 0. The fourth-order valence-corrected chi connectivity index (χ4v) is 0.721. The number of aliphatic hydroxyl groups is 2. The van der Waals surface area contributed by atoms with E-state index in [0.29, 0.717) is 5.75 Å². The van der Waals surface area contributed by atoms with Gasteiger partial charge in [0, 0.05) is 5.75 Å². The maximum atomic E-state index is 8.81. The summed E-state index contributed by atoms with van der Waals surface area (Å²) in [5, 5.41) is 15.8. The fourth-order valence-electron chi connectivity index (χ4n) is 0.240. The quantitative estimate of drug-likeness (QED) is 0.454. The van der Waals surface area contributed by atoms with Gasteiger partial charge in [-0.05, 0) is 6.08 Å². The van der Waals surface area contributed by atoms with Crippen LogP contribution in [-0.4, -0.2) is 21.1 Å². The monoisotopic (exact) mass is 146 g/mol. The van der Waals surface area contributed by atoms with Crippen LogP contribution in [-0.2, 0) is 0 Å². The molecule has 3 heteroatoms. The van der Waals surface area contributed by atoms with E-state index in [4.69, 9.17) is 10.2 Å². The summed E-state index contributed by atoms with van der Waals surface area (Å²) < 4.78 is 0. The molecule has 0 heterocycles. The van der Waals surface area contributed by atoms with Crippen LogP contribution < -0.4 is 0 Å². The number of hydrogen-bond donors (Lipinski definition) is 2. The van der Waals surface area contributed by atoms with Gasteiger partial charge in [0.1, 0.15) is 0 Å². The molecule has 0 rings (SSSR count). The van der Waals surface area contributed by atoms with Gasteiger partial charge in [-0.25, -0.2) is 0 Å². The van der Waals surface area contributed by atoms with E-state index in [-0.39, 0.29) is 0 Å². The Morgan fingerprint density at radius 3 is 2.33 bits per heavy atom. The molecule has 0 saturated heterocycles.